The van der Waals surface area contributed by atoms with Crippen LogP contribution in [0, 0.1) is 17.8 Å². The highest BCUT2D eigenvalue weighted by Gasteiger charge is 2.48. The summed E-state index contributed by atoms with van der Waals surface area (Å²) in [6.07, 6.45) is 7.59. The number of likely N-dealkylation sites (tertiary alicyclic amines) is 1. The average Bonchev–Trinajstić information content (AvgIpc) is 3.23. The van der Waals surface area contributed by atoms with Crippen molar-refractivity contribution in [2.24, 2.45) is 23.5 Å². The molecule has 2 aliphatic carbocycles. The van der Waals surface area contributed by atoms with Crippen molar-refractivity contribution >= 4 is 5.91 Å². The summed E-state index contributed by atoms with van der Waals surface area (Å²) in [6.45, 7) is 4.11. The van der Waals surface area contributed by atoms with Crippen LogP contribution in [0.3, 0.4) is 0 Å². The van der Waals surface area contributed by atoms with Crippen LogP contribution < -0.4 is 11.1 Å². The monoisotopic (exact) mass is 341 g/mol. The van der Waals surface area contributed by atoms with E-state index in [4.69, 9.17) is 5.73 Å². The maximum Gasteiger partial charge on any atom is 0.225 e. The van der Waals surface area contributed by atoms with E-state index in [0.717, 1.165) is 13.0 Å². The summed E-state index contributed by atoms with van der Waals surface area (Å²) in [4.78, 5) is 15.1. The lowest BCUT2D eigenvalue weighted by Gasteiger charge is -2.27. The van der Waals surface area contributed by atoms with Crippen molar-refractivity contribution in [3.8, 4) is 0 Å². The fourth-order valence-corrected chi connectivity index (χ4v) is 5.17. The van der Waals surface area contributed by atoms with E-state index in [1.165, 1.54) is 56.3 Å². The number of piperidine rings is 1. The number of nitrogens with one attached hydrogen (secondary N) is 1. The fraction of sp³-hybridized carbons (Fsp3) is 0.667. The lowest BCUT2D eigenvalue weighted by molar-refractivity contribution is -0.127. The molecular weight excluding hydrogens is 310 g/mol. The Morgan fingerprint density at radius 1 is 1.04 bits per heavy atom. The van der Waals surface area contributed by atoms with E-state index in [1.807, 2.05) is 0 Å². The molecule has 0 spiro atoms. The number of carbonyl (C=O) groups is 1. The molecule has 4 nitrogen and oxygen atoms in total. The number of nitrogens with two attached hydrogens (primary N) is 1. The molecule has 1 amide bonds. The summed E-state index contributed by atoms with van der Waals surface area (Å²) in [7, 11) is 0. The first kappa shape index (κ1) is 17.0. The molecule has 3 N–H and O–H groups in total. The van der Waals surface area contributed by atoms with Crippen LogP contribution >= 0.6 is 0 Å². The first-order valence-electron chi connectivity index (χ1n) is 10.0. The predicted octanol–water partition coefficient (Wildman–Crippen LogP) is 2.66. The van der Waals surface area contributed by atoms with Crippen LogP contribution in [-0.2, 0) is 17.9 Å². The Balaban J connectivity index is 1.27. The topological polar surface area (TPSA) is 58.4 Å². The second-order valence-electron chi connectivity index (χ2n) is 8.31. The average molecular weight is 341 g/mol. The van der Waals surface area contributed by atoms with Crippen LogP contribution in [0.25, 0.3) is 0 Å². The van der Waals surface area contributed by atoms with Crippen molar-refractivity contribution in [2.75, 3.05) is 13.1 Å². The van der Waals surface area contributed by atoms with Gasteiger partial charge in [-0.25, -0.2) is 0 Å². The van der Waals surface area contributed by atoms with Gasteiger partial charge in [0.15, 0.2) is 0 Å². The molecule has 4 rings (SSSR count). The number of fused-ring (bicyclic) bond motifs is 2. The lowest BCUT2D eigenvalue weighted by Crippen LogP contribution is -2.45. The second-order valence-corrected chi connectivity index (χ2v) is 8.31. The number of nitrogens with zero attached hydrogens (tertiary/aromatic N) is 1. The van der Waals surface area contributed by atoms with Gasteiger partial charge in [0.2, 0.25) is 5.91 Å². The minimum atomic E-state index is 0.0390. The molecule has 0 aromatic heterocycles. The Bertz CT molecular complexity index is 592. The van der Waals surface area contributed by atoms with E-state index in [1.54, 1.807) is 0 Å². The van der Waals surface area contributed by atoms with Crippen molar-refractivity contribution < 1.29 is 4.79 Å². The van der Waals surface area contributed by atoms with Crippen LogP contribution in [0.2, 0.25) is 0 Å². The van der Waals surface area contributed by atoms with Crippen LogP contribution in [0.15, 0.2) is 24.3 Å². The quantitative estimate of drug-likeness (QED) is 0.866. The van der Waals surface area contributed by atoms with Gasteiger partial charge in [0.1, 0.15) is 0 Å². The number of rotatable bonds is 5. The fourth-order valence-electron chi connectivity index (χ4n) is 5.17. The summed E-state index contributed by atoms with van der Waals surface area (Å²) in [5.74, 6) is 1.30. The summed E-state index contributed by atoms with van der Waals surface area (Å²) in [5, 5.41) is 3.13. The highest BCUT2D eigenvalue weighted by atomic mass is 16.1. The summed E-state index contributed by atoms with van der Waals surface area (Å²) in [5.41, 5.74) is 8.82. The van der Waals surface area contributed by atoms with Gasteiger partial charge in [-0.3, -0.25) is 9.69 Å². The Morgan fingerprint density at radius 3 is 2.40 bits per heavy atom. The molecule has 1 aromatic rings. The second kappa shape index (κ2) is 7.46. The molecule has 1 saturated heterocycles. The maximum atomic E-state index is 12.6. The van der Waals surface area contributed by atoms with Gasteiger partial charge in [-0.15, -0.1) is 0 Å². The zero-order valence-electron chi connectivity index (χ0n) is 15.1. The minimum Gasteiger partial charge on any atom is -0.352 e. The molecule has 136 valence electrons. The van der Waals surface area contributed by atoms with Gasteiger partial charge in [-0.05, 0) is 68.2 Å². The van der Waals surface area contributed by atoms with Gasteiger partial charge >= 0.3 is 0 Å². The first-order valence-corrected chi connectivity index (χ1v) is 10.0. The minimum absolute atomic E-state index is 0.0390. The standard InChI is InChI=1S/C21H31N3O/c22-20-18-9-8-17(12-18)19(20)21(25)23-13-15-4-6-16(7-5-15)14-24-10-2-1-3-11-24/h4-7,17-20H,1-3,8-14,22H2,(H,23,25). The number of hydrogen-bond acceptors (Lipinski definition) is 3. The highest BCUT2D eigenvalue weighted by molar-refractivity contribution is 5.80. The third-order valence-electron chi connectivity index (χ3n) is 6.63. The largest absolute Gasteiger partial charge is 0.352 e. The first-order chi connectivity index (χ1) is 12.2. The number of hydrogen-bond donors (Lipinski definition) is 2. The third kappa shape index (κ3) is 3.75. The molecule has 4 unspecified atom stereocenters. The molecule has 1 aliphatic heterocycles. The van der Waals surface area contributed by atoms with E-state index in [0.29, 0.717) is 18.4 Å². The summed E-state index contributed by atoms with van der Waals surface area (Å²) < 4.78 is 0. The molecule has 2 saturated carbocycles. The van der Waals surface area contributed by atoms with Crippen LogP contribution in [-0.4, -0.2) is 29.9 Å². The molecule has 2 bridgehead atoms. The van der Waals surface area contributed by atoms with Crippen LogP contribution in [0.5, 0.6) is 0 Å². The third-order valence-corrected chi connectivity index (χ3v) is 6.63. The highest BCUT2D eigenvalue weighted by Crippen LogP contribution is 2.47. The van der Waals surface area contributed by atoms with Gasteiger partial charge in [0, 0.05) is 19.1 Å². The molecule has 25 heavy (non-hydrogen) atoms. The molecule has 4 atom stereocenters. The SMILES string of the molecule is NC1C2CCC(C2)C1C(=O)NCc1ccc(CN2CCCCC2)cc1. The maximum absolute atomic E-state index is 12.6. The van der Waals surface area contributed by atoms with Crippen molar-refractivity contribution in [3.05, 3.63) is 35.4 Å². The number of carbonyl (C=O) groups excluding carboxylic acids is 1. The number of amides is 1. The van der Waals surface area contributed by atoms with Crippen molar-refractivity contribution in [1.82, 2.24) is 10.2 Å². The smallest absolute Gasteiger partial charge is 0.225 e. The Morgan fingerprint density at radius 2 is 1.72 bits per heavy atom. The van der Waals surface area contributed by atoms with E-state index in [-0.39, 0.29) is 17.9 Å². The molecule has 3 fully saturated rings. The lowest BCUT2D eigenvalue weighted by atomic mass is 9.84. The molecule has 3 aliphatic rings. The number of benzene rings is 1. The van der Waals surface area contributed by atoms with Gasteiger partial charge in [-0.2, -0.15) is 0 Å². The Kier molecular flexibility index (Phi) is 5.09. The molecule has 1 aromatic carbocycles. The molecule has 4 heteroatoms. The molecular formula is C21H31N3O. The van der Waals surface area contributed by atoms with Gasteiger partial charge in [-0.1, -0.05) is 30.7 Å². The van der Waals surface area contributed by atoms with Crippen molar-refractivity contribution in [1.29, 1.82) is 0 Å². The summed E-state index contributed by atoms with van der Waals surface area (Å²) in [6, 6.07) is 8.80. The van der Waals surface area contributed by atoms with E-state index in [9.17, 15) is 4.79 Å². The van der Waals surface area contributed by atoms with Crippen LogP contribution in [0.4, 0.5) is 0 Å². The molecule has 1 heterocycles. The Labute approximate surface area is 151 Å². The van der Waals surface area contributed by atoms with Crippen molar-refractivity contribution in [2.45, 2.75) is 57.7 Å². The summed E-state index contributed by atoms with van der Waals surface area (Å²) >= 11 is 0. The van der Waals surface area contributed by atoms with E-state index in [2.05, 4.69) is 34.5 Å². The van der Waals surface area contributed by atoms with Gasteiger partial charge in [0.25, 0.3) is 0 Å². The normalized spacial score (nSPS) is 32.0. The van der Waals surface area contributed by atoms with E-state index < -0.39 is 0 Å². The molecule has 0 radical (unpaired) electrons. The zero-order chi connectivity index (χ0) is 17.2. The van der Waals surface area contributed by atoms with Gasteiger partial charge < -0.3 is 11.1 Å². The van der Waals surface area contributed by atoms with Crippen LogP contribution in [0.1, 0.15) is 49.7 Å². The Hall–Kier alpha value is -1.39. The predicted molar refractivity (Wildman–Crippen MR) is 99.7 cm³/mol. The van der Waals surface area contributed by atoms with E-state index >= 15 is 0 Å². The van der Waals surface area contributed by atoms with Crippen molar-refractivity contribution in [3.63, 3.8) is 0 Å². The zero-order valence-corrected chi connectivity index (χ0v) is 15.1. The van der Waals surface area contributed by atoms with Gasteiger partial charge in [0.05, 0.1) is 5.92 Å².